The second-order valence-electron chi connectivity index (χ2n) is 4.63. The number of amides is 2. The predicted octanol–water partition coefficient (Wildman–Crippen LogP) is 2.91. The summed E-state index contributed by atoms with van der Waals surface area (Å²) in [7, 11) is 0. The van der Waals surface area contributed by atoms with E-state index in [2.05, 4.69) is 33.2 Å². The van der Waals surface area contributed by atoms with Gasteiger partial charge in [0.05, 0.1) is 0 Å². The molecule has 6 heteroatoms. The quantitative estimate of drug-likeness (QED) is 0.692. The average Bonchev–Trinajstić information content (AvgIpc) is 2.27. The van der Waals surface area contributed by atoms with Gasteiger partial charge in [0.25, 0.3) is 0 Å². The third-order valence-corrected chi connectivity index (χ3v) is 3.06. The van der Waals surface area contributed by atoms with Crippen molar-refractivity contribution in [1.29, 1.82) is 0 Å². The van der Waals surface area contributed by atoms with Crippen LogP contribution in [0.1, 0.15) is 20.3 Å². The first-order chi connectivity index (χ1) is 8.88. The Morgan fingerprint density at radius 3 is 2.58 bits per heavy atom. The molecule has 0 heterocycles. The van der Waals surface area contributed by atoms with Gasteiger partial charge in [-0.15, -0.1) is 0 Å². The maximum atomic E-state index is 11.7. The fraction of sp³-hybridized carbons (Fsp3) is 0.385. The summed E-state index contributed by atoms with van der Waals surface area (Å²) in [4.78, 5) is 22.8. The lowest BCUT2D eigenvalue weighted by atomic mass is 10.0. The van der Waals surface area contributed by atoms with Crippen LogP contribution < -0.4 is 10.6 Å². The maximum absolute atomic E-state index is 11.7. The number of rotatable bonds is 5. The highest BCUT2D eigenvalue weighted by Gasteiger charge is 2.20. The molecule has 1 aromatic rings. The zero-order valence-electron chi connectivity index (χ0n) is 10.8. The van der Waals surface area contributed by atoms with E-state index in [1.165, 1.54) is 0 Å². The fourth-order valence-electron chi connectivity index (χ4n) is 1.58. The van der Waals surface area contributed by atoms with Crippen molar-refractivity contribution < 1.29 is 14.7 Å². The van der Waals surface area contributed by atoms with Gasteiger partial charge in [-0.3, -0.25) is 0 Å². The molecule has 3 N–H and O–H groups in total. The topological polar surface area (TPSA) is 78.4 Å². The summed E-state index contributed by atoms with van der Waals surface area (Å²) in [6, 6.07) is 5.90. The van der Waals surface area contributed by atoms with Crippen molar-refractivity contribution in [1.82, 2.24) is 5.32 Å². The average molecular weight is 376 g/mol. The van der Waals surface area contributed by atoms with Gasteiger partial charge in [-0.2, -0.15) is 0 Å². The molecule has 1 atom stereocenters. The summed E-state index contributed by atoms with van der Waals surface area (Å²) in [6.45, 7) is 3.82. The highest BCUT2D eigenvalue weighted by atomic mass is 127. The molecular weight excluding hydrogens is 359 g/mol. The monoisotopic (exact) mass is 376 g/mol. The van der Waals surface area contributed by atoms with Crippen LogP contribution in [0.15, 0.2) is 24.3 Å². The minimum atomic E-state index is -1.02. The molecule has 0 saturated heterocycles. The van der Waals surface area contributed by atoms with Gasteiger partial charge in [0.1, 0.15) is 6.04 Å². The molecule has 2 amide bonds. The third kappa shape index (κ3) is 5.91. The zero-order valence-corrected chi connectivity index (χ0v) is 13.0. The zero-order chi connectivity index (χ0) is 14.4. The van der Waals surface area contributed by atoms with Crippen molar-refractivity contribution in [3.8, 4) is 0 Å². The van der Waals surface area contributed by atoms with Gasteiger partial charge >= 0.3 is 12.0 Å². The maximum Gasteiger partial charge on any atom is 0.326 e. The number of urea groups is 1. The first-order valence-corrected chi connectivity index (χ1v) is 7.02. The number of carboxylic acids is 1. The lowest BCUT2D eigenvalue weighted by Gasteiger charge is -2.17. The summed E-state index contributed by atoms with van der Waals surface area (Å²) in [5, 5.41) is 14.1. The molecule has 1 rings (SSSR count). The number of hydrogen-bond acceptors (Lipinski definition) is 2. The molecule has 0 bridgehead atoms. The second kappa shape index (κ2) is 7.32. The number of anilines is 1. The standard InChI is InChI=1S/C13H17IN2O3/c1-8(2)6-11(12(17)18)16-13(19)15-10-5-3-4-9(14)7-10/h3-5,7-8,11H,6H2,1-2H3,(H,17,18)(H2,15,16,19)/t11-/m1/s1. The fourth-order valence-corrected chi connectivity index (χ4v) is 2.13. The van der Waals surface area contributed by atoms with Gasteiger partial charge in [-0.1, -0.05) is 19.9 Å². The van der Waals surface area contributed by atoms with Crippen molar-refractivity contribution in [2.24, 2.45) is 5.92 Å². The summed E-state index contributed by atoms with van der Waals surface area (Å²) < 4.78 is 0.993. The molecule has 5 nitrogen and oxygen atoms in total. The Balaban J connectivity index is 2.60. The van der Waals surface area contributed by atoms with E-state index in [9.17, 15) is 9.59 Å². The first-order valence-electron chi connectivity index (χ1n) is 5.94. The van der Waals surface area contributed by atoms with E-state index in [0.717, 1.165) is 3.57 Å². The van der Waals surface area contributed by atoms with Crippen LogP contribution in [0.25, 0.3) is 0 Å². The van der Waals surface area contributed by atoms with Crippen LogP contribution in [0, 0.1) is 9.49 Å². The number of nitrogens with one attached hydrogen (secondary N) is 2. The van der Waals surface area contributed by atoms with Crippen molar-refractivity contribution in [3.05, 3.63) is 27.8 Å². The summed E-state index contributed by atoms with van der Waals surface area (Å²) in [5.74, 6) is -0.828. The Morgan fingerprint density at radius 1 is 1.37 bits per heavy atom. The van der Waals surface area contributed by atoms with Crippen LogP contribution in [0.3, 0.4) is 0 Å². The van der Waals surface area contributed by atoms with Crippen molar-refractivity contribution >= 4 is 40.3 Å². The number of hydrogen-bond donors (Lipinski definition) is 3. The van der Waals surface area contributed by atoms with E-state index < -0.39 is 18.0 Å². The molecule has 104 valence electrons. The van der Waals surface area contributed by atoms with Crippen LogP contribution in [-0.2, 0) is 4.79 Å². The molecule has 0 aromatic heterocycles. The molecular formula is C13H17IN2O3. The van der Waals surface area contributed by atoms with E-state index in [-0.39, 0.29) is 5.92 Å². The minimum Gasteiger partial charge on any atom is -0.480 e. The van der Waals surface area contributed by atoms with Crippen molar-refractivity contribution in [2.45, 2.75) is 26.3 Å². The number of benzene rings is 1. The molecule has 0 aliphatic rings. The van der Waals surface area contributed by atoms with E-state index in [1.54, 1.807) is 12.1 Å². The molecule has 0 saturated carbocycles. The molecule has 1 aromatic carbocycles. The lowest BCUT2D eigenvalue weighted by Crippen LogP contribution is -2.43. The molecule has 0 aliphatic heterocycles. The van der Waals surface area contributed by atoms with Gasteiger partial charge < -0.3 is 15.7 Å². The Morgan fingerprint density at radius 2 is 2.05 bits per heavy atom. The van der Waals surface area contributed by atoms with E-state index >= 15 is 0 Å². The minimum absolute atomic E-state index is 0.194. The van der Waals surface area contributed by atoms with E-state index in [0.29, 0.717) is 12.1 Å². The van der Waals surface area contributed by atoms with Crippen LogP contribution in [0.4, 0.5) is 10.5 Å². The number of halogens is 1. The number of aliphatic carboxylic acids is 1. The van der Waals surface area contributed by atoms with Gasteiger partial charge in [-0.25, -0.2) is 9.59 Å². The first kappa shape index (κ1) is 15.7. The third-order valence-electron chi connectivity index (χ3n) is 2.39. The largest absolute Gasteiger partial charge is 0.480 e. The van der Waals surface area contributed by atoms with E-state index in [4.69, 9.17) is 5.11 Å². The van der Waals surface area contributed by atoms with Crippen LogP contribution in [0.5, 0.6) is 0 Å². The highest BCUT2D eigenvalue weighted by molar-refractivity contribution is 14.1. The number of carbonyl (C=O) groups excluding carboxylic acids is 1. The van der Waals surface area contributed by atoms with Crippen LogP contribution in [-0.4, -0.2) is 23.1 Å². The second-order valence-corrected chi connectivity index (χ2v) is 5.87. The Kier molecular flexibility index (Phi) is 6.07. The van der Waals surface area contributed by atoms with Gasteiger partial charge in [0.15, 0.2) is 0 Å². The molecule has 0 fully saturated rings. The molecule has 0 unspecified atom stereocenters. The van der Waals surface area contributed by atoms with Crippen molar-refractivity contribution in [3.63, 3.8) is 0 Å². The summed E-state index contributed by atoms with van der Waals surface area (Å²) in [6.07, 6.45) is 0.398. The molecule has 0 radical (unpaired) electrons. The SMILES string of the molecule is CC(C)C[C@@H](NC(=O)Nc1cccc(I)c1)C(=O)O. The predicted molar refractivity (Wildman–Crippen MR) is 82.2 cm³/mol. The number of carbonyl (C=O) groups is 2. The van der Waals surface area contributed by atoms with Crippen molar-refractivity contribution in [2.75, 3.05) is 5.32 Å². The molecule has 19 heavy (non-hydrogen) atoms. The van der Waals surface area contributed by atoms with Gasteiger partial charge in [0.2, 0.25) is 0 Å². The molecule has 0 aliphatic carbocycles. The summed E-state index contributed by atoms with van der Waals surface area (Å²) >= 11 is 2.14. The Labute approximate surface area is 125 Å². The van der Waals surface area contributed by atoms with Gasteiger partial charge in [-0.05, 0) is 53.1 Å². The molecule has 0 spiro atoms. The smallest absolute Gasteiger partial charge is 0.326 e. The van der Waals surface area contributed by atoms with Gasteiger partial charge in [0, 0.05) is 9.26 Å². The highest BCUT2D eigenvalue weighted by Crippen LogP contribution is 2.12. The number of carboxylic acid groups (broad SMARTS) is 1. The van der Waals surface area contributed by atoms with Crippen LogP contribution >= 0.6 is 22.6 Å². The Bertz CT molecular complexity index is 463. The summed E-state index contributed by atoms with van der Waals surface area (Å²) in [5.41, 5.74) is 0.637. The normalized spacial score (nSPS) is 12.0. The van der Waals surface area contributed by atoms with Crippen LogP contribution in [0.2, 0.25) is 0 Å². The lowest BCUT2D eigenvalue weighted by molar-refractivity contribution is -0.139. The van der Waals surface area contributed by atoms with E-state index in [1.807, 2.05) is 26.0 Å². The Hall–Kier alpha value is -1.31.